The van der Waals surface area contributed by atoms with Gasteiger partial charge >= 0.3 is 0 Å². The lowest BCUT2D eigenvalue weighted by Gasteiger charge is -2.00. The van der Waals surface area contributed by atoms with Crippen LogP contribution in [-0.4, -0.2) is 23.4 Å². The van der Waals surface area contributed by atoms with Crippen molar-refractivity contribution in [2.75, 3.05) is 6.54 Å². The fourth-order valence-electron chi connectivity index (χ4n) is 1.02. The molecule has 1 fully saturated rings. The minimum Gasteiger partial charge on any atom is -0.332 e. The summed E-state index contributed by atoms with van der Waals surface area (Å²) in [5.74, 6) is 0.117. The van der Waals surface area contributed by atoms with Crippen LogP contribution in [0.5, 0.6) is 0 Å². The Bertz CT molecular complexity index is 174. The molecule has 1 saturated heterocycles. The highest BCUT2D eigenvalue weighted by Crippen LogP contribution is 2.22. The third-order valence-corrected chi connectivity index (χ3v) is 1.81. The summed E-state index contributed by atoms with van der Waals surface area (Å²) in [6.45, 7) is 8.38. The maximum absolute atomic E-state index is 11.1. The van der Waals surface area contributed by atoms with Crippen LogP contribution in [0.2, 0.25) is 0 Å². The van der Waals surface area contributed by atoms with Gasteiger partial charge < -0.3 is 4.90 Å². The number of rotatable bonds is 2. The molecule has 0 spiro atoms. The van der Waals surface area contributed by atoms with Gasteiger partial charge in [0.05, 0.1) is 0 Å². The van der Waals surface area contributed by atoms with E-state index in [-0.39, 0.29) is 5.91 Å². The molecule has 1 amide bonds. The van der Waals surface area contributed by atoms with E-state index in [1.165, 1.54) is 0 Å². The summed E-state index contributed by atoms with van der Waals surface area (Å²) in [6, 6.07) is 0.504. The van der Waals surface area contributed by atoms with Gasteiger partial charge in [-0.3, -0.25) is 4.79 Å². The largest absolute Gasteiger partial charge is 0.332 e. The van der Waals surface area contributed by atoms with E-state index in [1.54, 1.807) is 6.92 Å². The van der Waals surface area contributed by atoms with Crippen LogP contribution in [-0.2, 0) is 4.79 Å². The van der Waals surface area contributed by atoms with Crippen molar-refractivity contribution in [3.05, 3.63) is 12.2 Å². The maximum Gasteiger partial charge on any atom is 0.249 e. The van der Waals surface area contributed by atoms with Crippen molar-refractivity contribution in [2.24, 2.45) is 0 Å². The Balaban J connectivity index is 2.40. The summed E-state index contributed by atoms with van der Waals surface area (Å²) < 4.78 is 0. The Labute approximate surface area is 61.5 Å². The highest BCUT2D eigenvalue weighted by Gasteiger charge is 2.36. The minimum atomic E-state index is 0.117. The second kappa shape index (κ2) is 2.45. The average molecular weight is 139 g/mol. The molecule has 1 atom stereocenters. The predicted octanol–water partition coefficient (Wildman–Crippen LogP) is 1.18. The highest BCUT2D eigenvalue weighted by molar-refractivity contribution is 5.94. The zero-order chi connectivity index (χ0) is 7.72. The van der Waals surface area contributed by atoms with Gasteiger partial charge in [-0.25, -0.2) is 0 Å². The Kier molecular flexibility index (Phi) is 1.79. The average Bonchev–Trinajstić information content (AvgIpc) is 2.64. The molecule has 0 aromatic carbocycles. The van der Waals surface area contributed by atoms with Crippen LogP contribution in [0.4, 0.5) is 0 Å². The first-order chi connectivity index (χ1) is 4.66. The molecule has 2 heteroatoms. The van der Waals surface area contributed by atoms with Crippen LogP contribution in [0.15, 0.2) is 12.2 Å². The van der Waals surface area contributed by atoms with Gasteiger partial charge in [0.25, 0.3) is 0 Å². The van der Waals surface area contributed by atoms with Gasteiger partial charge in [0.15, 0.2) is 0 Å². The van der Waals surface area contributed by atoms with Crippen molar-refractivity contribution in [2.45, 2.75) is 26.3 Å². The molecule has 56 valence electrons. The van der Waals surface area contributed by atoms with E-state index < -0.39 is 0 Å². The summed E-state index contributed by atoms with van der Waals surface area (Å²) in [6.07, 6.45) is 1.07. The summed E-state index contributed by atoms with van der Waals surface area (Å²) in [5.41, 5.74) is 0.649. The lowest BCUT2D eigenvalue weighted by molar-refractivity contribution is -0.122. The Morgan fingerprint density at radius 3 is 2.70 bits per heavy atom. The van der Waals surface area contributed by atoms with Crippen molar-refractivity contribution in [1.82, 2.24) is 4.90 Å². The molecule has 10 heavy (non-hydrogen) atoms. The molecule has 0 aliphatic carbocycles. The standard InChI is InChI=1S/C8H13NO/c1-4-7-5-9(7)8(10)6(2)3/h7H,2,4-5H2,1,3H3. The Morgan fingerprint density at radius 1 is 1.80 bits per heavy atom. The molecule has 0 N–H and O–H groups in total. The highest BCUT2D eigenvalue weighted by atomic mass is 16.2. The number of hydrogen-bond acceptors (Lipinski definition) is 1. The molecule has 2 nitrogen and oxygen atoms in total. The second-order valence-corrected chi connectivity index (χ2v) is 2.80. The normalized spacial score (nSPS) is 22.6. The molecule has 0 aromatic rings. The predicted molar refractivity (Wildman–Crippen MR) is 40.6 cm³/mol. The van der Waals surface area contributed by atoms with E-state index >= 15 is 0 Å². The van der Waals surface area contributed by atoms with Gasteiger partial charge in [-0.2, -0.15) is 0 Å². The van der Waals surface area contributed by atoms with Gasteiger partial charge in [0.2, 0.25) is 5.91 Å². The van der Waals surface area contributed by atoms with E-state index in [9.17, 15) is 4.79 Å². The molecular formula is C8H13NO. The third kappa shape index (κ3) is 1.20. The molecule has 1 unspecified atom stereocenters. The van der Waals surface area contributed by atoms with Crippen LogP contribution in [0.3, 0.4) is 0 Å². The molecule has 0 radical (unpaired) electrons. The van der Waals surface area contributed by atoms with Gasteiger partial charge in [-0.15, -0.1) is 0 Å². The zero-order valence-corrected chi connectivity index (χ0v) is 6.55. The molecule has 1 heterocycles. The second-order valence-electron chi connectivity index (χ2n) is 2.80. The summed E-state index contributed by atoms with van der Waals surface area (Å²) in [4.78, 5) is 13.0. The number of amides is 1. The van der Waals surface area contributed by atoms with Crippen molar-refractivity contribution < 1.29 is 4.79 Å². The molecule has 1 aliphatic heterocycles. The van der Waals surface area contributed by atoms with Crippen LogP contribution in [0, 0.1) is 0 Å². The van der Waals surface area contributed by atoms with Crippen LogP contribution < -0.4 is 0 Å². The molecular weight excluding hydrogens is 126 g/mol. The summed E-state index contributed by atoms with van der Waals surface area (Å²) >= 11 is 0. The van der Waals surface area contributed by atoms with Crippen LogP contribution in [0.1, 0.15) is 20.3 Å². The van der Waals surface area contributed by atoms with Crippen molar-refractivity contribution in [1.29, 1.82) is 0 Å². The molecule has 0 saturated carbocycles. The van der Waals surface area contributed by atoms with E-state index in [4.69, 9.17) is 0 Å². The first-order valence-electron chi connectivity index (χ1n) is 3.63. The lowest BCUT2D eigenvalue weighted by Crippen LogP contribution is -2.13. The first-order valence-corrected chi connectivity index (χ1v) is 3.63. The van der Waals surface area contributed by atoms with Crippen molar-refractivity contribution >= 4 is 5.91 Å². The third-order valence-electron chi connectivity index (χ3n) is 1.81. The van der Waals surface area contributed by atoms with Gasteiger partial charge in [0, 0.05) is 18.2 Å². The first kappa shape index (κ1) is 7.32. The lowest BCUT2D eigenvalue weighted by atomic mass is 10.3. The number of nitrogens with zero attached hydrogens (tertiary/aromatic N) is 1. The number of hydrogen-bond donors (Lipinski definition) is 0. The quantitative estimate of drug-likeness (QED) is 0.415. The van der Waals surface area contributed by atoms with E-state index in [2.05, 4.69) is 13.5 Å². The van der Waals surface area contributed by atoms with E-state index in [0.717, 1.165) is 13.0 Å². The van der Waals surface area contributed by atoms with Gasteiger partial charge in [0.1, 0.15) is 0 Å². The topological polar surface area (TPSA) is 20.1 Å². The molecule has 1 aliphatic rings. The Hall–Kier alpha value is -0.790. The minimum absolute atomic E-state index is 0.117. The zero-order valence-electron chi connectivity index (χ0n) is 6.55. The van der Waals surface area contributed by atoms with E-state index in [1.807, 2.05) is 4.90 Å². The summed E-state index contributed by atoms with van der Waals surface area (Å²) in [7, 11) is 0. The molecule has 0 bridgehead atoms. The molecule has 0 aromatic heterocycles. The van der Waals surface area contributed by atoms with Crippen LogP contribution >= 0.6 is 0 Å². The smallest absolute Gasteiger partial charge is 0.249 e. The Morgan fingerprint density at radius 2 is 2.40 bits per heavy atom. The van der Waals surface area contributed by atoms with Crippen LogP contribution in [0.25, 0.3) is 0 Å². The van der Waals surface area contributed by atoms with Gasteiger partial charge in [-0.1, -0.05) is 13.5 Å². The van der Waals surface area contributed by atoms with Crippen molar-refractivity contribution in [3.8, 4) is 0 Å². The monoisotopic (exact) mass is 139 g/mol. The SMILES string of the molecule is C=C(C)C(=O)N1CC1CC. The van der Waals surface area contributed by atoms with Crippen molar-refractivity contribution in [3.63, 3.8) is 0 Å². The maximum atomic E-state index is 11.1. The molecule has 1 rings (SSSR count). The van der Waals surface area contributed by atoms with Gasteiger partial charge in [-0.05, 0) is 13.3 Å². The fourth-order valence-corrected chi connectivity index (χ4v) is 1.02. The summed E-state index contributed by atoms with van der Waals surface area (Å²) in [5, 5.41) is 0. The number of carbonyl (C=O) groups is 1. The fraction of sp³-hybridized carbons (Fsp3) is 0.625. The number of carbonyl (C=O) groups excluding carboxylic acids is 1. The van der Waals surface area contributed by atoms with E-state index in [0.29, 0.717) is 11.6 Å².